The molecule has 0 radical (unpaired) electrons. The Balaban J connectivity index is 1.85. The normalized spacial score (nSPS) is 16.6. The predicted molar refractivity (Wildman–Crippen MR) is 93.5 cm³/mol. The number of amides is 2. The Morgan fingerprint density at radius 2 is 2.12 bits per heavy atom. The van der Waals surface area contributed by atoms with Gasteiger partial charge in [0, 0.05) is 0 Å². The van der Waals surface area contributed by atoms with E-state index in [0.717, 1.165) is 5.56 Å². The van der Waals surface area contributed by atoms with E-state index in [1.165, 1.54) is 29.5 Å². The van der Waals surface area contributed by atoms with Crippen LogP contribution in [0.1, 0.15) is 28.6 Å². The van der Waals surface area contributed by atoms with Gasteiger partial charge in [-0.25, -0.2) is 13.1 Å². The lowest BCUT2D eigenvalue weighted by atomic mass is 10.2. The van der Waals surface area contributed by atoms with E-state index in [2.05, 4.69) is 5.32 Å². The molecule has 0 aliphatic carbocycles. The zero-order valence-corrected chi connectivity index (χ0v) is 15.2. The van der Waals surface area contributed by atoms with Crippen molar-refractivity contribution >= 4 is 38.9 Å². The van der Waals surface area contributed by atoms with Gasteiger partial charge in [-0.15, -0.1) is 11.3 Å². The van der Waals surface area contributed by atoms with Crippen molar-refractivity contribution in [3.8, 4) is 5.75 Å². The summed E-state index contributed by atoms with van der Waals surface area (Å²) >= 11 is 1.17. The molecule has 132 valence electrons. The minimum absolute atomic E-state index is 0.133. The van der Waals surface area contributed by atoms with Gasteiger partial charge in [-0.2, -0.15) is 0 Å². The fourth-order valence-electron chi connectivity index (χ4n) is 2.35. The van der Waals surface area contributed by atoms with Crippen LogP contribution in [0.2, 0.25) is 0 Å². The van der Waals surface area contributed by atoms with Crippen molar-refractivity contribution in [3.63, 3.8) is 0 Å². The van der Waals surface area contributed by atoms with Crippen LogP contribution in [-0.2, 0) is 14.8 Å². The van der Waals surface area contributed by atoms with E-state index in [1.807, 2.05) is 18.6 Å². The van der Waals surface area contributed by atoms with Crippen molar-refractivity contribution in [2.75, 3.05) is 5.32 Å². The average molecular weight is 380 g/mol. The quantitative estimate of drug-likeness (QED) is 0.847. The van der Waals surface area contributed by atoms with Gasteiger partial charge in [0.25, 0.3) is 21.8 Å². The van der Waals surface area contributed by atoms with E-state index >= 15 is 0 Å². The van der Waals surface area contributed by atoms with E-state index in [0.29, 0.717) is 17.0 Å². The highest BCUT2D eigenvalue weighted by atomic mass is 32.2. The maximum atomic E-state index is 12.4. The number of carbonyl (C=O) groups is 2. The molecule has 2 amide bonds. The standard InChI is InChI=1S/C16H16N2O5S2/c1-3-12-15(19)17-11-7-10(4-5-13(11)23-12)25(21,22)18-16(20)14-6-9(2)8-24-14/h4-8,12H,3H2,1-2H3,(H,17,19)(H,18,20). The first-order valence-electron chi connectivity index (χ1n) is 7.54. The number of thiophene rings is 1. The van der Waals surface area contributed by atoms with Crippen molar-refractivity contribution < 1.29 is 22.7 Å². The molecule has 2 N–H and O–H groups in total. The molecule has 0 spiro atoms. The lowest BCUT2D eigenvalue weighted by Crippen LogP contribution is -2.36. The van der Waals surface area contributed by atoms with Crippen LogP contribution in [0, 0.1) is 6.92 Å². The van der Waals surface area contributed by atoms with Crippen LogP contribution in [-0.4, -0.2) is 26.3 Å². The summed E-state index contributed by atoms with van der Waals surface area (Å²) in [5, 5.41) is 4.38. The van der Waals surface area contributed by atoms with Gasteiger partial charge in [0.15, 0.2) is 6.10 Å². The monoisotopic (exact) mass is 380 g/mol. The first-order chi connectivity index (χ1) is 11.8. The number of ether oxygens (including phenoxy) is 1. The Hall–Kier alpha value is -2.39. The molecule has 2 aromatic rings. The van der Waals surface area contributed by atoms with E-state index in [-0.39, 0.29) is 16.5 Å². The highest BCUT2D eigenvalue weighted by Crippen LogP contribution is 2.32. The van der Waals surface area contributed by atoms with E-state index in [1.54, 1.807) is 11.4 Å². The summed E-state index contributed by atoms with van der Waals surface area (Å²) in [5.74, 6) is -0.629. The fraction of sp³-hybridized carbons (Fsp3) is 0.250. The molecule has 7 nitrogen and oxygen atoms in total. The largest absolute Gasteiger partial charge is 0.478 e. The molecule has 2 heterocycles. The van der Waals surface area contributed by atoms with Gasteiger partial charge < -0.3 is 10.1 Å². The third-order valence-corrected chi connectivity index (χ3v) is 6.01. The molecular weight excluding hydrogens is 364 g/mol. The molecule has 1 atom stereocenters. The number of carbonyl (C=O) groups excluding carboxylic acids is 2. The maximum Gasteiger partial charge on any atom is 0.275 e. The average Bonchev–Trinajstić information content (AvgIpc) is 3.00. The van der Waals surface area contributed by atoms with Crippen molar-refractivity contribution in [3.05, 3.63) is 40.1 Å². The van der Waals surface area contributed by atoms with Gasteiger partial charge in [0.2, 0.25) is 0 Å². The Kier molecular flexibility index (Phi) is 4.53. The van der Waals surface area contributed by atoms with Crippen molar-refractivity contribution in [2.45, 2.75) is 31.3 Å². The Morgan fingerprint density at radius 1 is 1.36 bits per heavy atom. The van der Waals surface area contributed by atoms with Gasteiger partial charge in [-0.3, -0.25) is 9.59 Å². The molecular formula is C16H16N2O5S2. The van der Waals surface area contributed by atoms with Gasteiger partial charge in [-0.1, -0.05) is 6.92 Å². The Labute approximate surface area is 149 Å². The molecule has 1 aromatic carbocycles. The van der Waals surface area contributed by atoms with Crippen LogP contribution in [0.5, 0.6) is 5.75 Å². The molecule has 0 saturated carbocycles. The van der Waals surface area contributed by atoms with Crippen molar-refractivity contribution in [2.24, 2.45) is 0 Å². The minimum atomic E-state index is -4.07. The molecule has 1 aromatic heterocycles. The topological polar surface area (TPSA) is 102 Å². The summed E-state index contributed by atoms with van der Waals surface area (Å²) in [4.78, 5) is 24.1. The number of sulfonamides is 1. The summed E-state index contributed by atoms with van der Waals surface area (Å²) in [6.07, 6.45) is -0.0987. The molecule has 0 fully saturated rings. The van der Waals surface area contributed by atoms with E-state index < -0.39 is 22.0 Å². The van der Waals surface area contributed by atoms with Gasteiger partial charge in [0.05, 0.1) is 15.5 Å². The lowest BCUT2D eigenvalue weighted by molar-refractivity contribution is -0.123. The van der Waals surface area contributed by atoms with Crippen LogP contribution >= 0.6 is 11.3 Å². The minimum Gasteiger partial charge on any atom is -0.478 e. The van der Waals surface area contributed by atoms with E-state index in [4.69, 9.17) is 4.74 Å². The third kappa shape index (κ3) is 3.52. The van der Waals surface area contributed by atoms with Gasteiger partial charge in [-0.05, 0) is 48.6 Å². The molecule has 1 aliphatic rings. The number of aryl methyl sites for hydroxylation is 1. The molecule has 1 unspecified atom stereocenters. The Bertz CT molecular complexity index is 949. The summed E-state index contributed by atoms with van der Waals surface area (Å²) in [7, 11) is -4.07. The first kappa shape index (κ1) is 17.4. The lowest BCUT2D eigenvalue weighted by Gasteiger charge is -2.25. The highest BCUT2D eigenvalue weighted by molar-refractivity contribution is 7.90. The molecule has 25 heavy (non-hydrogen) atoms. The highest BCUT2D eigenvalue weighted by Gasteiger charge is 2.28. The second-order valence-electron chi connectivity index (χ2n) is 5.58. The van der Waals surface area contributed by atoms with Crippen molar-refractivity contribution in [1.82, 2.24) is 4.72 Å². The van der Waals surface area contributed by atoms with Crippen LogP contribution in [0.25, 0.3) is 0 Å². The number of benzene rings is 1. The van der Waals surface area contributed by atoms with Crippen LogP contribution in [0.4, 0.5) is 5.69 Å². The Morgan fingerprint density at radius 3 is 2.76 bits per heavy atom. The molecule has 1 aliphatic heterocycles. The second-order valence-corrected chi connectivity index (χ2v) is 8.18. The van der Waals surface area contributed by atoms with E-state index in [9.17, 15) is 18.0 Å². The molecule has 0 bridgehead atoms. The van der Waals surface area contributed by atoms with Crippen LogP contribution < -0.4 is 14.8 Å². The van der Waals surface area contributed by atoms with Gasteiger partial charge >= 0.3 is 0 Å². The molecule has 9 heteroatoms. The predicted octanol–water partition coefficient (Wildman–Crippen LogP) is 2.28. The zero-order valence-electron chi connectivity index (χ0n) is 13.5. The van der Waals surface area contributed by atoms with Gasteiger partial charge in [0.1, 0.15) is 5.75 Å². The molecule has 3 rings (SSSR count). The number of hydrogen-bond donors (Lipinski definition) is 2. The number of hydrogen-bond acceptors (Lipinski definition) is 6. The number of anilines is 1. The SMILES string of the molecule is CCC1Oc2ccc(S(=O)(=O)NC(=O)c3cc(C)cs3)cc2NC1=O. The fourth-order valence-corrected chi connectivity index (χ4v) is 4.20. The summed E-state index contributed by atoms with van der Waals surface area (Å²) in [6.45, 7) is 3.63. The summed E-state index contributed by atoms with van der Waals surface area (Å²) < 4.78 is 32.4. The van der Waals surface area contributed by atoms with Crippen LogP contribution in [0.15, 0.2) is 34.5 Å². The summed E-state index contributed by atoms with van der Waals surface area (Å²) in [6, 6.07) is 5.68. The van der Waals surface area contributed by atoms with Crippen LogP contribution in [0.3, 0.4) is 0 Å². The second kappa shape index (κ2) is 6.49. The number of fused-ring (bicyclic) bond motifs is 1. The smallest absolute Gasteiger partial charge is 0.275 e. The number of rotatable bonds is 4. The maximum absolute atomic E-state index is 12.4. The number of nitrogens with one attached hydrogen (secondary N) is 2. The summed E-state index contributed by atoms with van der Waals surface area (Å²) in [5.41, 5.74) is 1.14. The first-order valence-corrected chi connectivity index (χ1v) is 9.90. The molecule has 0 saturated heterocycles. The zero-order chi connectivity index (χ0) is 18.2. The van der Waals surface area contributed by atoms with Crippen molar-refractivity contribution in [1.29, 1.82) is 0 Å². The third-order valence-electron chi connectivity index (χ3n) is 3.63.